The first-order valence-corrected chi connectivity index (χ1v) is 13.2. The summed E-state index contributed by atoms with van der Waals surface area (Å²) in [5, 5.41) is 13.6. The number of unbranched alkanes of at least 4 members (excludes halogenated alkanes) is 7. The van der Waals surface area contributed by atoms with E-state index in [0.29, 0.717) is 13.1 Å². The van der Waals surface area contributed by atoms with E-state index >= 15 is 0 Å². The van der Waals surface area contributed by atoms with Crippen molar-refractivity contribution in [3.05, 3.63) is 65.2 Å². The van der Waals surface area contributed by atoms with Crippen LogP contribution in [0.15, 0.2) is 48.5 Å². The third-order valence-corrected chi connectivity index (χ3v) is 6.43. The minimum absolute atomic E-state index is 0.339. The Hall–Kier alpha value is -2.05. The van der Waals surface area contributed by atoms with Crippen molar-refractivity contribution < 1.29 is 18.3 Å². The summed E-state index contributed by atoms with van der Waals surface area (Å²) in [6, 6.07) is 13.5. The molecule has 1 radical (unpaired) electrons. The fourth-order valence-electron chi connectivity index (χ4n) is 4.17. The molecule has 2 aromatic carbocycles. The molecule has 3 nitrogen and oxygen atoms in total. The molecule has 0 fully saturated rings. The Bertz CT molecular complexity index is 806. The van der Waals surface area contributed by atoms with Gasteiger partial charge >= 0.3 is 6.18 Å². The third kappa shape index (κ3) is 12.0. The molecule has 0 bridgehead atoms. The normalized spacial score (nSPS) is 12.8. The quantitative estimate of drug-likeness (QED) is 0.174. The van der Waals surface area contributed by atoms with Crippen molar-refractivity contribution in [3.63, 3.8) is 0 Å². The van der Waals surface area contributed by atoms with E-state index < -0.39 is 11.7 Å². The number of aliphatic hydroxyl groups is 1. The predicted molar refractivity (Wildman–Crippen MR) is 140 cm³/mol. The Balaban J connectivity index is 1.68. The topological polar surface area (TPSA) is 38.2 Å². The molecule has 0 aliphatic heterocycles. The summed E-state index contributed by atoms with van der Waals surface area (Å²) >= 11 is 0. The Morgan fingerprint density at radius 2 is 1.29 bits per heavy atom. The van der Waals surface area contributed by atoms with Gasteiger partial charge in [0.05, 0.1) is 11.7 Å². The summed E-state index contributed by atoms with van der Waals surface area (Å²) in [6.45, 7) is 6.95. The number of rotatable bonds is 17. The molecule has 0 aliphatic carbocycles. The van der Waals surface area contributed by atoms with Gasteiger partial charge < -0.3 is 10.4 Å². The lowest BCUT2D eigenvalue weighted by Gasteiger charge is -2.14. The number of hydrogen-bond acceptors (Lipinski definition) is 3. The molecule has 35 heavy (non-hydrogen) atoms. The van der Waals surface area contributed by atoms with Crippen LogP contribution in [0.1, 0.15) is 88.3 Å². The van der Waals surface area contributed by atoms with Crippen LogP contribution in [-0.2, 0) is 19.3 Å². The zero-order chi connectivity index (χ0) is 25.5. The molecule has 1 atom stereocenters. The largest absolute Gasteiger partial charge is 0.416 e. The van der Waals surface area contributed by atoms with E-state index in [-0.39, 0.29) is 6.10 Å². The zero-order valence-corrected chi connectivity index (χ0v) is 21.4. The maximum atomic E-state index is 12.8. The van der Waals surface area contributed by atoms with Crippen molar-refractivity contribution in [2.75, 3.05) is 18.4 Å². The maximum Gasteiger partial charge on any atom is 0.416 e. The van der Waals surface area contributed by atoms with Gasteiger partial charge in [-0.1, -0.05) is 82.6 Å². The zero-order valence-electron chi connectivity index (χ0n) is 21.4. The first-order chi connectivity index (χ1) is 16.8. The summed E-state index contributed by atoms with van der Waals surface area (Å²) in [6.07, 6.45) is 6.32. The Kier molecular flexibility index (Phi) is 13.2. The first-order valence-electron chi connectivity index (χ1n) is 13.2. The van der Waals surface area contributed by atoms with Crippen LogP contribution in [0.4, 0.5) is 18.9 Å². The SMILES string of the molecule is CCCCCCCCCCC(O)CNc1ccc(C[N+](CC)Cc2ccc(C(F)(F)F)cc2)cc1. The van der Waals surface area contributed by atoms with Crippen LogP contribution in [-0.4, -0.2) is 24.3 Å². The molecule has 1 unspecified atom stereocenters. The van der Waals surface area contributed by atoms with Crippen molar-refractivity contribution in [2.45, 2.75) is 97.0 Å². The van der Waals surface area contributed by atoms with E-state index in [1.165, 1.54) is 44.9 Å². The molecule has 195 valence electrons. The van der Waals surface area contributed by atoms with E-state index in [2.05, 4.69) is 29.3 Å². The molecule has 0 spiro atoms. The second kappa shape index (κ2) is 15.8. The van der Waals surface area contributed by atoms with Gasteiger partial charge in [0.2, 0.25) is 0 Å². The van der Waals surface area contributed by atoms with Gasteiger partial charge in [-0.3, -0.25) is 0 Å². The molecule has 0 heterocycles. The molecule has 0 amide bonds. The van der Waals surface area contributed by atoms with Gasteiger partial charge in [-0.05, 0) is 37.6 Å². The number of halogens is 3. The van der Waals surface area contributed by atoms with Crippen molar-refractivity contribution in [2.24, 2.45) is 0 Å². The van der Waals surface area contributed by atoms with Crippen LogP contribution >= 0.6 is 0 Å². The molecule has 0 saturated heterocycles. The van der Waals surface area contributed by atoms with E-state index in [1.54, 1.807) is 12.1 Å². The standard InChI is InChI=1S/C29H43F3N2O/c1-3-5-6-7-8-9-10-11-12-28(35)21-33-27-19-15-25(16-20-27)23-34(4-2)22-24-13-17-26(18-14-24)29(30,31)32/h13-20,28,33,35H,3-12,21-23H2,1-2H3/q+1. The number of aliphatic hydroxyl groups excluding tert-OH is 1. The van der Waals surface area contributed by atoms with Crippen LogP contribution in [0.25, 0.3) is 0 Å². The van der Waals surface area contributed by atoms with Crippen LogP contribution in [0.3, 0.4) is 0 Å². The van der Waals surface area contributed by atoms with E-state index in [0.717, 1.165) is 54.9 Å². The Morgan fingerprint density at radius 1 is 0.771 bits per heavy atom. The van der Waals surface area contributed by atoms with Gasteiger partial charge in [0.15, 0.2) is 0 Å². The van der Waals surface area contributed by atoms with Gasteiger partial charge in [0.1, 0.15) is 19.6 Å². The second-order valence-corrected chi connectivity index (χ2v) is 9.49. The summed E-state index contributed by atoms with van der Waals surface area (Å²) in [7, 11) is 0. The van der Waals surface area contributed by atoms with Crippen LogP contribution < -0.4 is 10.2 Å². The Labute approximate surface area is 209 Å². The highest BCUT2D eigenvalue weighted by Crippen LogP contribution is 2.29. The molecule has 0 aliphatic rings. The highest BCUT2D eigenvalue weighted by Gasteiger charge is 2.30. The van der Waals surface area contributed by atoms with Gasteiger partial charge in [-0.25, -0.2) is 0 Å². The number of anilines is 1. The molecular formula is C29H43F3N2O+. The number of hydrogen-bond donors (Lipinski definition) is 2. The highest BCUT2D eigenvalue weighted by atomic mass is 19.4. The van der Waals surface area contributed by atoms with Crippen molar-refractivity contribution in [3.8, 4) is 0 Å². The van der Waals surface area contributed by atoms with Crippen molar-refractivity contribution in [1.82, 2.24) is 4.90 Å². The van der Waals surface area contributed by atoms with E-state index in [9.17, 15) is 18.3 Å². The van der Waals surface area contributed by atoms with E-state index in [1.807, 2.05) is 19.1 Å². The fraction of sp³-hybridized carbons (Fsp3) is 0.586. The summed E-state index contributed by atoms with van der Waals surface area (Å²) in [5.41, 5.74) is 2.37. The number of benzene rings is 2. The Morgan fingerprint density at radius 3 is 1.80 bits per heavy atom. The van der Waals surface area contributed by atoms with Crippen molar-refractivity contribution >= 4 is 5.69 Å². The molecule has 2 aromatic rings. The number of alkyl halides is 3. The van der Waals surface area contributed by atoms with Crippen LogP contribution in [0.5, 0.6) is 0 Å². The van der Waals surface area contributed by atoms with Gasteiger partial charge in [0.25, 0.3) is 0 Å². The lowest BCUT2D eigenvalue weighted by Crippen LogP contribution is -2.28. The third-order valence-electron chi connectivity index (χ3n) is 6.43. The molecule has 2 rings (SSSR count). The minimum Gasteiger partial charge on any atom is -0.391 e. The first kappa shape index (κ1) is 29.2. The summed E-state index contributed by atoms with van der Waals surface area (Å²) in [5.74, 6) is 0. The highest BCUT2D eigenvalue weighted by molar-refractivity contribution is 5.44. The molecule has 0 saturated carbocycles. The molecule has 6 heteroatoms. The fourth-order valence-corrected chi connectivity index (χ4v) is 4.17. The van der Waals surface area contributed by atoms with Gasteiger partial charge in [-0.2, -0.15) is 18.1 Å². The monoisotopic (exact) mass is 492 g/mol. The van der Waals surface area contributed by atoms with Gasteiger partial charge in [-0.15, -0.1) is 0 Å². The molecule has 2 N–H and O–H groups in total. The average Bonchev–Trinajstić information content (AvgIpc) is 2.84. The number of nitrogens with one attached hydrogen (secondary N) is 1. The summed E-state index contributed by atoms with van der Waals surface area (Å²) < 4.78 is 38.3. The smallest absolute Gasteiger partial charge is 0.391 e. The lowest BCUT2D eigenvalue weighted by atomic mass is 10.1. The number of nitrogens with zero attached hydrogens (tertiary/aromatic N) is 1. The van der Waals surface area contributed by atoms with Crippen molar-refractivity contribution in [1.29, 1.82) is 0 Å². The molecular weight excluding hydrogens is 449 g/mol. The summed E-state index contributed by atoms with van der Waals surface area (Å²) in [4.78, 5) is 2.19. The maximum absolute atomic E-state index is 12.8. The van der Waals surface area contributed by atoms with Crippen LogP contribution in [0, 0.1) is 0 Å². The lowest BCUT2D eigenvalue weighted by molar-refractivity contribution is -0.137. The minimum atomic E-state index is -4.30. The van der Waals surface area contributed by atoms with Crippen LogP contribution in [0.2, 0.25) is 0 Å². The van der Waals surface area contributed by atoms with Gasteiger partial charge in [0, 0.05) is 23.4 Å². The second-order valence-electron chi connectivity index (χ2n) is 9.49. The predicted octanol–water partition coefficient (Wildman–Crippen LogP) is 7.87. The molecule has 0 aromatic heterocycles. The van der Waals surface area contributed by atoms with E-state index in [4.69, 9.17) is 0 Å². The average molecular weight is 493 g/mol.